The maximum absolute atomic E-state index is 11.0. The molecule has 0 amide bonds. The van der Waals surface area contributed by atoms with Crippen LogP contribution < -0.4 is 0 Å². The molecule has 0 heterocycles. The van der Waals surface area contributed by atoms with Crippen LogP contribution in [0.3, 0.4) is 0 Å². The van der Waals surface area contributed by atoms with Crippen LogP contribution in [0, 0.1) is 0 Å². The summed E-state index contributed by atoms with van der Waals surface area (Å²) in [6.07, 6.45) is 6.02. The summed E-state index contributed by atoms with van der Waals surface area (Å²) >= 11 is 0. The second-order valence-corrected chi connectivity index (χ2v) is 3.57. The molecule has 1 N–H and O–H groups in total. The van der Waals surface area contributed by atoms with Crippen LogP contribution in [0.2, 0.25) is 0 Å². The van der Waals surface area contributed by atoms with Crippen LogP contribution in [0.5, 0.6) is 0 Å². The zero-order chi connectivity index (χ0) is 12.8. The number of methoxy groups -OCH3 is 1. The average Bonchev–Trinajstić information content (AvgIpc) is 2.24. The lowest BCUT2D eigenvalue weighted by Crippen LogP contribution is -2.02. The Labute approximate surface area is 98.0 Å². The van der Waals surface area contributed by atoms with Crippen LogP contribution in [0.25, 0.3) is 0 Å². The molecule has 96 valence electrons. The fourth-order valence-electron chi connectivity index (χ4n) is 0.996. The van der Waals surface area contributed by atoms with Crippen LogP contribution in [-0.2, 0) is 14.3 Å². The normalized spacial score (nSPS) is 9.19. The van der Waals surface area contributed by atoms with Gasteiger partial charge in [-0.15, -0.1) is 0 Å². The van der Waals surface area contributed by atoms with Gasteiger partial charge < -0.3 is 9.84 Å². The van der Waals surface area contributed by atoms with E-state index in [-0.39, 0.29) is 6.61 Å². The molecule has 0 aromatic heterocycles. The summed E-state index contributed by atoms with van der Waals surface area (Å²) < 4.78 is 4.20. The first-order valence-corrected chi connectivity index (χ1v) is 5.80. The van der Waals surface area contributed by atoms with E-state index in [2.05, 4.69) is 18.6 Å². The molecule has 0 saturated heterocycles. The Hall–Kier alpha value is -0.900. The number of unbranched alkanes of at least 4 members (excludes halogenated alkanes) is 2. The topological polar surface area (TPSA) is 63.6 Å². The summed E-state index contributed by atoms with van der Waals surface area (Å²) in [5, 5.41) is 7.79. The molecule has 0 rings (SSSR count). The molecule has 4 nitrogen and oxygen atoms in total. The molecule has 0 fully saturated rings. The smallest absolute Gasteiger partial charge is 0.329 e. The number of carbonyl (C=O) groups is 2. The van der Waals surface area contributed by atoms with Gasteiger partial charge in [0.15, 0.2) is 0 Å². The Bertz CT molecular complexity index is 168. The van der Waals surface area contributed by atoms with Crippen molar-refractivity contribution in [2.45, 2.75) is 52.4 Å². The lowest BCUT2D eigenvalue weighted by atomic mass is 10.1. The van der Waals surface area contributed by atoms with Gasteiger partial charge in [0.1, 0.15) is 12.4 Å². The number of hydrogen-bond donors (Lipinski definition) is 1. The van der Waals surface area contributed by atoms with Gasteiger partial charge in [-0.3, -0.25) is 4.79 Å². The third-order valence-electron chi connectivity index (χ3n) is 1.89. The molecule has 0 spiro atoms. The Balaban J connectivity index is 0. The Kier molecular flexibility index (Phi) is 15.4. The molecule has 16 heavy (non-hydrogen) atoms. The predicted octanol–water partition coefficient (Wildman–Crippen LogP) is 2.65. The van der Waals surface area contributed by atoms with E-state index in [1.54, 1.807) is 0 Å². The first kappa shape index (κ1) is 17.5. The van der Waals surface area contributed by atoms with Gasteiger partial charge >= 0.3 is 5.97 Å². The van der Waals surface area contributed by atoms with Crippen LogP contribution >= 0.6 is 0 Å². The zero-order valence-electron chi connectivity index (χ0n) is 10.6. The molecule has 0 aromatic rings. The van der Waals surface area contributed by atoms with Crippen LogP contribution in [0.4, 0.5) is 0 Å². The number of carbonyl (C=O) groups excluding carboxylic acids is 1. The number of ketones is 1. The minimum Gasteiger partial charge on any atom is -0.480 e. The van der Waals surface area contributed by atoms with E-state index < -0.39 is 5.97 Å². The van der Waals surface area contributed by atoms with E-state index in [0.717, 1.165) is 38.5 Å². The highest BCUT2D eigenvalue weighted by molar-refractivity contribution is 5.78. The summed E-state index contributed by atoms with van der Waals surface area (Å²) in [7, 11) is 1.34. The lowest BCUT2D eigenvalue weighted by Gasteiger charge is -1.96. The van der Waals surface area contributed by atoms with E-state index in [4.69, 9.17) is 5.11 Å². The Morgan fingerprint density at radius 1 is 1.06 bits per heavy atom. The first-order valence-electron chi connectivity index (χ1n) is 5.80. The Morgan fingerprint density at radius 3 is 1.69 bits per heavy atom. The summed E-state index contributed by atoms with van der Waals surface area (Å²) in [6, 6.07) is 0. The molecule has 0 aliphatic carbocycles. The van der Waals surface area contributed by atoms with E-state index in [1.165, 1.54) is 7.11 Å². The lowest BCUT2D eigenvalue weighted by molar-refractivity contribution is -0.141. The Morgan fingerprint density at radius 2 is 1.50 bits per heavy atom. The van der Waals surface area contributed by atoms with Crippen LogP contribution in [0.1, 0.15) is 52.4 Å². The number of aliphatic carboxylic acids is 1. The van der Waals surface area contributed by atoms with E-state index in [9.17, 15) is 9.59 Å². The van der Waals surface area contributed by atoms with E-state index in [1.807, 2.05) is 0 Å². The summed E-state index contributed by atoms with van der Waals surface area (Å²) in [5.41, 5.74) is 0. The monoisotopic (exact) mass is 232 g/mol. The van der Waals surface area contributed by atoms with Crippen molar-refractivity contribution in [1.29, 1.82) is 0 Å². The first-order chi connectivity index (χ1) is 7.58. The van der Waals surface area contributed by atoms with Crippen molar-refractivity contribution in [3.63, 3.8) is 0 Å². The highest BCUT2D eigenvalue weighted by Gasteiger charge is 1.98. The fourth-order valence-corrected chi connectivity index (χ4v) is 0.996. The zero-order valence-corrected chi connectivity index (χ0v) is 10.6. The summed E-state index contributed by atoms with van der Waals surface area (Å²) in [5.74, 6) is -0.485. The summed E-state index contributed by atoms with van der Waals surface area (Å²) in [6.45, 7) is 4.03. The van der Waals surface area contributed by atoms with Crippen molar-refractivity contribution >= 4 is 11.8 Å². The highest BCUT2D eigenvalue weighted by atomic mass is 16.5. The van der Waals surface area contributed by atoms with Gasteiger partial charge in [-0.25, -0.2) is 4.79 Å². The molecule has 0 atom stereocenters. The van der Waals surface area contributed by atoms with Crippen LogP contribution in [-0.4, -0.2) is 30.6 Å². The number of Topliss-reactive ketones (excluding diaryl/α,β-unsaturated/α-hetero) is 1. The molecular formula is C12H24O4. The maximum Gasteiger partial charge on any atom is 0.329 e. The van der Waals surface area contributed by atoms with Crippen molar-refractivity contribution in [1.82, 2.24) is 0 Å². The molecular weight excluding hydrogens is 208 g/mol. The minimum atomic E-state index is -0.933. The van der Waals surface area contributed by atoms with Crippen molar-refractivity contribution in [2.75, 3.05) is 13.7 Å². The second kappa shape index (κ2) is 14.1. The van der Waals surface area contributed by atoms with Gasteiger partial charge in [0.25, 0.3) is 0 Å². The molecule has 0 aliphatic rings. The molecule has 0 saturated carbocycles. The molecule has 0 aliphatic heterocycles. The molecule has 0 radical (unpaired) electrons. The third-order valence-corrected chi connectivity index (χ3v) is 1.89. The molecule has 0 unspecified atom stereocenters. The maximum atomic E-state index is 11.0. The number of ether oxygens (including phenoxy) is 1. The standard InChI is InChI=1S/C9H18O.C3H6O3/c1-3-5-7-9(10)8-6-4-2;1-6-2-3(4)5/h3-8H2,1-2H3;2H2,1H3,(H,4,5). The van der Waals surface area contributed by atoms with Gasteiger partial charge in [-0.1, -0.05) is 26.7 Å². The largest absolute Gasteiger partial charge is 0.480 e. The minimum absolute atomic E-state index is 0.208. The van der Waals surface area contributed by atoms with Crippen molar-refractivity contribution < 1.29 is 19.4 Å². The van der Waals surface area contributed by atoms with E-state index >= 15 is 0 Å². The van der Waals surface area contributed by atoms with Crippen molar-refractivity contribution in [3.8, 4) is 0 Å². The molecule has 0 bridgehead atoms. The average molecular weight is 232 g/mol. The van der Waals surface area contributed by atoms with Crippen LogP contribution in [0.15, 0.2) is 0 Å². The molecule has 0 aromatic carbocycles. The SMILES string of the molecule is CCCCC(=O)CCCC.COCC(=O)O. The number of carboxylic acids is 1. The predicted molar refractivity (Wildman–Crippen MR) is 63.6 cm³/mol. The van der Waals surface area contributed by atoms with Crippen molar-refractivity contribution in [3.05, 3.63) is 0 Å². The quantitative estimate of drug-likeness (QED) is 0.698. The summed E-state index contributed by atoms with van der Waals surface area (Å²) in [4.78, 5) is 20.4. The number of hydrogen-bond acceptors (Lipinski definition) is 3. The number of rotatable bonds is 8. The third kappa shape index (κ3) is 18.8. The van der Waals surface area contributed by atoms with Gasteiger partial charge in [0.05, 0.1) is 0 Å². The van der Waals surface area contributed by atoms with E-state index in [0.29, 0.717) is 5.78 Å². The van der Waals surface area contributed by atoms with Gasteiger partial charge in [-0.05, 0) is 12.8 Å². The van der Waals surface area contributed by atoms with Crippen molar-refractivity contribution in [2.24, 2.45) is 0 Å². The highest BCUT2D eigenvalue weighted by Crippen LogP contribution is 2.02. The van der Waals surface area contributed by atoms with Gasteiger partial charge in [-0.2, -0.15) is 0 Å². The van der Waals surface area contributed by atoms with Gasteiger partial charge in [0.2, 0.25) is 0 Å². The molecule has 4 heteroatoms. The van der Waals surface area contributed by atoms with Gasteiger partial charge in [0, 0.05) is 20.0 Å². The second-order valence-electron chi connectivity index (χ2n) is 3.57. The number of carboxylic acid groups (broad SMARTS) is 1. The fraction of sp³-hybridized carbons (Fsp3) is 0.833.